The Kier molecular flexibility index (Phi) is 3.66. The number of carbonyl (C=O) groups is 1. The monoisotopic (exact) mass is 264 g/mol. The van der Waals surface area contributed by atoms with Crippen molar-refractivity contribution in [3.63, 3.8) is 0 Å². The normalized spacial score (nSPS) is 18.3. The minimum atomic E-state index is -0.573. The summed E-state index contributed by atoms with van der Waals surface area (Å²) in [7, 11) is 0. The number of nitrogens with zero attached hydrogens (tertiary/aromatic N) is 1. The van der Waals surface area contributed by atoms with Gasteiger partial charge in [-0.3, -0.25) is 14.9 Å². The molecule has 1 fully saturated rings. The predicted molar refractivity (Wildman–Crippen MR) is 71.0 cm³/mol. The van der Waals surface area contributed by atoms with Crippen molar-refractivity contribution in [2.75, 3.05) is 18.8 Å². The van der Waals surface area contributed by atoms with Gasteiger partial charge in [-0.05, 0) is 31.5 Å². The summed E-state index contributed by atoms with van der Waals surface area (Å²) >= 11 is 0. The molecule has 1 unspecified atom stereocenters. The van der Waals surface area contributed by atoms with Crippen LogP contribution in [0.5, 0.6) is 0 Å². The average Bonchev–Trinajstić information content (AvgIpc) is 2.84. The zero-order valence-corrected chi connectivity index (χ0v) is 10.6. The number of benzene rings is 1. The van der Waals surface area contributed by atoms with Gasteiger partial charge in [-0.1, -0.05) is 0 Å². The molecule has 1 aliphatic rings. The quantitative estimate of drug-likeness (QED) is 0.420. The van der Waals surface area contributed by atoms with E-state index >= 15 is 0 Å². The second kappa shape index (κ2) is 5.23. The highest BCUT2D eigenvalue weighted by atomic mass is 16.6. The van der Waals surface area contributed by atoms with Crippen LogP contribution < -0.4 is 16.4 Å². The molecule has 0 aliphatic carbocycles. The van der Waals surface area contributed by atoms with Crippen molar-refractivity contribution in [1.29, 1.82) is 0 Å². The zero-order valence-electron chi connectivity index (χ0n) is 10.6. The number of nitro benzene ring substituents is 1. The SMILES string of the molecule is Cc1cc(C(=O)NC2CCNC2)c(N)c([N+](=O)[O-])c1. The Labute approximate surface area is 110 Å². The number of nitrogens with two attached hydrogens (primary N) is 1. The van der Waals surface area contributed by atoms with Crippen molar-refractivity contribution >= 4 is 17.3 Å². The van der Waals surface area contributed by atoms with Gasteiger partial charge in [-0.15, -0.1) is 0 Å². The van der Waals surface area contributed by atoms with E-state index in [2.05, 4.69) is 10.6 Å². The van der Waals surface area contributed by atoms with Crippen LogP contribution in [-0.2, 0) is 0 Å². The smallest absolute Gasteiger partial charge is 0.293 e. The highest BCUT2D eigenvalue weighted by molar-refractivity contribution is 6.01. The Balaban J connectivity index is 2.27. The van der Waals surface area contributed by atoms with E-state index in [9.17, 15) is 14.9 Å². The van der Waals surface area contributed by atoms with Gasteiger partial charge in [-0.25, -0.2) is 0 Å². The van der Waals surface area contributed by atoms with Gasteiger partial charge in [0.15, 0.2) is 0 Å². The molecule has 1 amide bonds. The van der Waals surface area contributed by atoms with E-state index in [1.54, 1.807) is 13.0 Å². The first-order valence-electron chi connectivity index (χ1n) is 6.05. The molecule has 0 saturated carbocycles. The lowest BCUT2D eigenvalue weighted by molar-refractivity contribution is -0.384. The summed E-state index contributed by atoms with van der Waals surface area (Å²) < 4.78 is 0. The molecule has 0 bridgehead atoms. The van der Waals surface area contributed by atoms with E-state index in [4.69, 9.17) is 5.73 Å². The second-order valence-corrected chi connectivity index (χ2v) is 4.67. The Morgan fingerprint density at radius 1 is 1.58 bits per heavy atom. The number of aryl methyl sites for hydroxylation is 1. The molecule has 1 heterocycles. The van der Waals surface area contributed by atoms with Crippen molar-refractivity contribution in [1.82, 2.24) is 10.6 Å². The summed E-state index contributed by atoms with van der Waals surface area (Å²) in [5, 5.41) is 16.8. The molecule has 7 heteroatoms. The fraction of sp³-hybridized carbons (Fsp3) is 0.417. The predicted octanol–water partition coefficient (Wildman–Crippen LogP) is 0.577. The molecular weight excluding hydrogens is 248 g/mol. The lowest BCUT2D eigenvalue weighted by Crippen LogP contribution is -2.36. The van der Waals surface area contributed by atoms with E-state index < -0.39 is 4.92 Å². The number of rotatable bonds is 3. The highest BCUT2D eigenvalue weighted by Crippen LogP contribution is 2.27. The number of hydrogen-bond donors (Lipinski definition) is 3. The van der Waals surface area contributed by atoms with Crippen LogP contribution in [0.2, 0.25) is 0 Å². The van der Waals surface area contributed by atoms with Crippen molar-refractivity contribution in [3.8, 4) is 0 Å². The number of amides is 1. The lowest BCUT2D eigenvalue weighted by atomic mass is 10.1. The Morgan fingerprint density at radius 2 is 2.32 bits per heavy atom. The molecule has 1 saturated heterocycles. The van der Waals surface area contributed by atoms with E-state index in [-0.39, 0.29) is 28.9 Å². The maximum Gasteiger partial charge on any atom is 0.293 e. The number of nitro groups is 1. The molecule has 1 atom stereocenters. The molecule has 7 nitrogen and oxygen atoms in total. The zero-order chi connectivity index (χ0) is 14.0. The van der Waals surface area contributed by atoms with Crippen LogP contribution in [0.1, 0.15) is 22.3 Å². The third-order valence-electron chi connectivity index (χ3n) is 3.14. The summed E-state index contributed by atoms with van der Waals surface area (Å²) in [4.78, 5) is 22.4. The molecule has 0 radical (unpaired) electrons. The first-order valence-corrected chi connectivity index (χ1v) is 6.05. The first-order chi connectivity index (χ1) is 8.99. The van der Waals surface area contributed by atoms with Crippen LogP contribution in [0, 0.1) is 17.0 Å². The van der Waals surface area contributed by atoms with Gasteiger partial charge in [-0.2, -0.15) is 0 Å². The van der Waals surface area contributed by atoms with Gasteiger partial charge < -0.3 is 16.4 Å². The molecule has 1 aromatic carbocycles. The van der Waals surface area contributed by atoms with Gasteiger partial charge in [0.05, 0.1) is 10.5 Å². The molecule has 1 aromatic rings. The lowest BCUT2D eigenvalue weighted by Gasteiger charge is -2.13. The Hall–Kier alpha value is -2.15. The van der Waals surface area contributed by atoms with Gasteiger partial charge in [0.25, 0.3) is 11.6 Å². The summed E-state index contributed by atoms with van der Waals surface area (Å²) in [6.45, 7) is 3.26. The second-order valence-electron chi connectivity index (χ2n) is 4.67. The van der Waals surface area contributed by atoms with Gasteiger partial charge in [0.1, 0.15) is 5.69 Å². The summed E-state index contributed by atoms with van der Waals surface area (Å²) in [5.41, 5.74) is 6.20. The number of carbonyl (C=O) groups excluding carboxylic acids is 1. The summed E-state index contributed by atoms with van der Waals surface area (Å²) in [6.07, 6.45) is 0.847. The molecule has 0 aromatic heterocycles. The fourth-order valence-electron chi connectivity index (χ4n) is 2.16. The van der Waals surface area contributed by atoms with E-state index in [1.165, 1.54) is 6.07 Å². The van der Waals surface area contributed by atoms with Crippen molar-refractivity contribution in [3.05, 3.63) is 33.4 Å². The first kappa shape index (κ1) is 13.3. The Morgan fingerprint density at radius 3 is 2.89 bits per heavy atom. The van der Waals surface area contributed by atoms with Crippen LogP contribution in [0.25, 0.3) is 0 Å². The molecule has 4 N–H and O–H groups in total. The number of anilines is 1. The minimum Gasteiger partial charge on any atom is -0.393 e. The molecule has 102 valence electrons. The van der Waals surface area contributed by atoms with Crippen molar-refractivity contribution < 1.29 is 9.72 Å². The van der Waals surface area contributed by atoms with Crippen molar-refractivity contribution in [2.24, 2.45) is 0 Å². The van der Waals surface area contributed by atoms with Crippen molar-refractivity contribution in [2.45, 2.75) is 19.4 Å². The standard InChI is InChI=1S/C12H16N4O3/c1-7-4-9(11(13)10(5-7)16(18)19)12(17)15-8-2-3-14-6-8/h4-5,8,14H,2-3,6,13H2,1H3,(H,15,17). The number of nitrogens with one attached hydrogen (secondary N) is 2. The minimum absolute atomic E-state index is 0.0477. The number of hydrogen-bond acceptors (Lipinski definition) is 5. The maximum atomic E-state index is 12.1. The van der Waals surface area contributed by atoms with Crippen LogP contribution in [0.4, 0.5) is 11.4 Å². The molecular formula is C12H16N4O3. The molecule has 1 aliphatic heterocycles. The van der Waals surface area contributed by atoms with Gasteiger partial charge in [0.2, 0.25) is 0 Å². The van der Waals surface area contributed by atoms with Gasteiger partial charge >= 0.3 is 0 Å². The molecule has 19 heavy (non-hydrogen) atoms. The molecule has 2 rings (SSSR count). The van der Waals surface area contributed by atoms with Crippen LogP contribution in [0.3, 0.4) is 0 Å². The Bertz CT molecular complexity index is 524. The maximum absolute atomic E-state index is 12.1. The van der Waals surface area contributed by atoms with E-state index in [0.717, 1.165) is 13.0 Å². The summed E-state index contributed by atoms with van der Waals surface area (Å²) in [6, 6.07) is 2.98. The van der Waals surface area contributed by atoms with E-state index in [1.807, 2.05) is 0 Å². The van der Waals surface area contributed by atoms with Crippen LogP contribution in [0.15, 0.2) is 12.1 Å². The van der Waals surface area contributed by atoms with Gasteiger partial charge in [0, 0.05) is 18.7 Å². The third kappa shape index (κ3) is 2.82. The highest BCUT2D eigenvalue weighted by Gasteiger charge is 2.23. The largest absolute Gasteiger partial charge is 0.393 e. The number of nitrogen functional groups attached to an aromatic ring is 1. The van der Waals surface area contributed by atoms with E-state index in [0.29, 0.717) is 12.1 Å². The molecule has 0 spiro atoms. The summed E-state index contributed by atoms with van der Waals surface area (Å²) in [5.74, 6) is -0.363. The topological polar surface area (TPSA) is 110 Å². The van der Waals surface area contributed by atoms with Crippen LogP contribution >= 0.6 is 0 Å². The average molecular weight is 264 g/mol. The fourth-order valence-corrected chi connectivity index (χ4v) is 2.16. The van der Waals surface area contributed by atoms with Crippen LogP contribution in [-0.4, -0.2) is 30.0 Å². The third-order valence-corrected chi connectivity index (χ3v) is 3.14.